The average molecular weight is 401 g/mol. The van der Waals surface area contributed by atoms with Gasteiger partial charge in [-0.2, -0.15) is 0 Å². The second-order valence-corrected chi connectivity index (χ2v) is 9.72. The highest BCUT2D eigenvalue weighted by atomic mass is 35.5. The fourth-order valence-corrected chi connectivity index (χ4v) is 5.51. The normalized spacial score (nSPS) is 24.9. The smallest absolute Gasteiger partial charge is 0.238 e. The van der Waals surface area contributed by atoms with Gasteiger partial charge >= 0.3 is 0 Å². The van der Waals surface area contributed by atoms with E-state index in [1.165, 1.54) is 0 Å². The van der Waals surface area contributed by atoms with Gasteiger partial charge < -0.3 is 10.1 Å². The summed E-state index contributed by atoms with van der Waals surface area (Å²) >= 11 is 6.11. The van der Waals surface area contributed by atoms with Crippen molar-refractivity contribution in [2.45, 2.75) is 38.3 Å². The number of sulfone groups is 1. The Morgan fingerprint density at radius 1 is 1.38 bits per heavy atom. The van der Waals surface area contributed by atoms with E-state index in [9.17, 15) is 13.2 Å². The topological polar surface area (TPSA) is 75.7 Å². The molecule has 2 saturated heterocycles. The molecular weight excluding hydrogens is 376 g/mol. The Morgan fingerprint density at radius 3 is 2.85 bits per heavy atom. The van der Waals surface area contributed by atoms with Crippen LogP contribution in [0, 0.1) is 6.92 Å². The Morgan fingerprint density at radius 2 is 2.19 bits per heavy atom. The highest BCUT2D eigenvalue weighted by Crippen LogP contribution is 2.24. The second kappa shape index (κ2) is 8.25. The number of halogens is 1. The number of carbonyl (C=O) groups excluding carboxylic acids is 1. The Labute approximate surface area is 159 Å². The highest BCUT2D eigenvalue weighted by molar-refractivity contribution is 7.91. The predicted molar refractivity (Wildman–Crippen MR) is 102 cm³/mol. The Hall–Kier alpha value is -1.15. The van der Waals surface area contributed by atoms with Crippen LogP contribution in [0.3, 0.4) is 0 Å². The largest absolute Gasteiger partial charge is 0.377 e. The third-order valence-corrected chi connectivity index (χ3v) is 7.24. The molecule has 2 aliphatic rings. The molecule has 6 nitrogen and oxygen atoms in total. The van der Waals surface area contributed by atoms with E-state index < -0.39 is 9.84 Å². The molecule has 0 aliphatic carbocycles. The monoisotopic (exact) mass is 400 g/mol. The van der Waals surface area contributed by atoms with Crippen LogP contribution in [0.2, 0.25) is 5.02 Å². The second-order valence-electron chi connectivity index (χ2n) is 7.08. The number of hydrogen-bond acceptors (Lipinski definition) is 5. The zero-order valence-corrected chi connectivity index (χ0v) is 16.5. The van der Waals surface area contributed by atoms with Crippen molar-refractivity contribution in [2.24, 2.45) is 0 Å². The molecule has 0 bridgehead atoms. The number of carbonyl (C=O) groups is 1. The van der Waals surface area contributed by atoms with Crippen LogP contribution in [0.5, 0.6) is 0 Å². The number of nitrogens with one attached hydrogen (secondary N) is 1. The van der Waals surface area contributed by atoms with E-state index in [2.05, 4.69) is 5.32 Å². The summed E-state index contributed by atoms with van der Waals surface area (Å²) in [6.45, 7) is 3.31. The molecule has 26 heavy (non-hydrogen) atoms. The molecule has 144 valence electrons. The molecule has 2 atom stereocenters. The van der Waals surface area contributed by atoms with Crippen molar-refractivity contribution in [1.82, 2.24) is 4.90 Å². The third kappa shape index (κ3) is 4.97. The lowest BCUT2D eigenvalue weighted by atomic mass is 10.1. The number of hydrogen-bond donors (Lipinski definition) is 1. The van der Waals surface area contributed by atoms with Gasteiger partial charge in [0.05, 0.1) is 24.2 Å². The Kier molecular flexibility index (Phi) is 6.22. The Bertz CT molecular complexity index is 762. The van der Waals surface area contributed by atoms with E-state index >= 15 is 0 Å². The molecule has 0 spiro atoms. The summed E-state index contributed by atoms with van der Waals surface area (Å²) in [7, 11) is -3.01. The van der Waals surface area contributed by atoms with Crippen molar-refractivity contribution in [2.75, 3.05) is 36.5 Å². The summed E-state index contributed by atoms with van der Waals surface area (Å²) in [6.07, 6.45) is 2.60. The minimum absolute atomic E-state index is 0.0685. The molecule has 2 aliphatic heterocycles. The molecular formula is C18H25ClN2O4S. The van der Waals surface area contributed by atoms with Gasteiger partial charge in [0.25, 0.3) is 0 Å². The standard InChI is InChI=1S/C18H25ClN2O4S/c1-13-16(19)5-2-6-17(13)20-18(22)11-21(10-15-4-3-8-25-15)14-7-9-26(23,24)12-14/h2,5-6,14-15H,3-4,7-12H2,1H3,(H,20,22). The number of ether oxygens (including phenoxy) is 1. The molecule has 2 fully saturated rings. The van der Waals surface area contributed by atoms with Crippen LogP contribution in [-0.4, -0.2) is 62.6 Å². The van der Waals surface area contributed by atoms with Crippen LogP contribution in [0.15, 0.2) is 18.2 Å². The van der Waals surface area contributed by atoms with Gasteiger partial charge in [0, 0.05) is 29.9 Å². The van der Waals surface area contributed by atoms with E-state index in [4.69, 9.17) is 16.3 Å². The molecule has 1 amide bonds. The van der Waals surface area contributed by atoms with Crippen LogP contribution in [0.25, 0.3) is 0 Å². The van der Waals surface area contributed by atoms with Crippen molar-refractivity contribution in [3.05, 3.63) is 28.8 Å². The van der Waals surface area contributed by atoms with Gasteiger partial charge in [0.2, 0.25) is 5.91 Å². The lowest BCUT2D eigenvalue weighted by Gasteiger charge is -2.29. The molecule has 1 aromatic carbocycles. The number of amides is 1. The zero-order valence-electron chi connectivity index (χ0n) is 14.9. The average Bonchev–Trinajstić information content (AvgIpc) is 3.20. The van der Waals surface area contributed by atoms with Crippen molar-refractivity contribution in [3.8, 4) is 0 Å². The van der Waals surface area contributed by atoms with Crippen molar-refractivity contribution in [3.63, 3.8) is 0 Å². The molecule has 2 unspecified atom stereocenters. The van der Waals surface area contributed by atoms with Crippen LogP contribution in [0.4, 0.5) is 5.69 Å². The van der Waals surface area contributed by atoms with Crippen molar-refractivity contribution < 1.29 is 17.9 Å². The zero-order chi connectivity index (χ0) is 18.7. The van der Waals surface area contributed by atoms with Crippen LogP contribution in [-0.2, 0) is 19.4 Å². The lowest BCUT2D eigenvalue weighted by molar-refractivity contribution is -0.118. The minimum atomic E-state index is -3.01. The first-order valence-corrected chi connectivity index (χ1v) is 11.1. The first-order chi connectivity index (χ1) is 12.3. The van der Waals surface area contributed by atoms with Gasteiger partial charge in [-0.25, -0.2) is 8.42 Å². The summed E-state index contributed by atoms with van der Waals surface area (Å²) in [4.78, 5) is 14.6. The maximum atomic E-state index is 12.6. The van der Waals surface area contributed by atoms with Gasteiger partial charge in [0.1, 0.15) is 0 Å². The van der Waals surface area contributed by atoms with Crippen molar-refractivity contribution >= 4 is 33.0 Å². The number of rotatable bonds is 6. The van der Waals surface area contributed by atoms with E-state index in [-0.39, 0.29) is 36.1 Å². The molecule has 1 aromatic rings. The van der Waals surface area contributed by atoms with Gasteiger partial charge in [0.15, 0.2) is 9.84 Å². The van der Waals surface area contributed by atoms with E-state index in [1.54, 1.807) is 12.1 Å². The summed E-state index contributed by atoms with van der Waals surface area (Å²) in [5.74, 6) is 0.135. The lowest BCUT2D eigenvalue weighted by Crippen LogP contribution is -2.45. The van der Waals surface area contributed by atoms with Gasteiger partial charge in [-0.15, -0.1) is 0 Å². The number of nitrogens with zero attached hydrogens (tertiary/aromatic N) is 1. The van der Waals surface area contributed by atoms with Crippen LogP contribution in [0.1, 0.15) is 24.8 Å². The molecule has 8 heteroatoms. The Balaban J connectivity index is 1.67. The van der Waals surface area contributed by atoms with Gasteiger partial charge in [-0.05, 0) is 43.9 Å². The summed E-state index contributed by atoms with van der Waals surface area (Å²) in [5.41, 5.74) is 1.50. The number of benzene rings is 1. The molecule has 0 aromatic heterocycles. The van der Waals surface area contributed by atoms with E-state index in [0.29, 0.717) is 23.7 Å². The van der Waals surface area contributed by atoms with Crippen molar-refractivity contribution in [1.29, 1.82) is 0 Å². The van der Waals surface area contributed by atoms with E-state index in [1.807, 2.05) is 17.9 Å². The highest BCUT2D eigenvalue weighted by Gasteiger charge is 2.34. The maximum absolute atomic E-state index is 12.6. The molecule has 3 rings (SSSR count). The van der Waals surface area contributed by atoms with Gasteiger partial charge in [-0.1, -0.05) is 17.7 Å². The maximum Gasteiger partial charge on any atom is 0.238 e. The summed E-state index contributed by atoms with van der Waals surface area (Å²) < 4.78 is 29.4. The first-order valence-electron chi connectivity index (χ1n) is 8.95. The quantitative estimate of drug-likeness (QED) is 0.792. The summed E-state index contributed by atoms with van der Waals surface area (Å²) in [6, 6.07) is 5.25. The van der Waals surface area contributed by atoms with Gasteiger partial charge in [-0.3, -0.25) is 9.69 Å². The predicted octanol–water partition coefficient (Wildman–Crippen LogP) is 2.26. The fraction of sp³-hybridized carbons (Fsp3) is 0.611. The SMILES string of the molecule is Cc1c(Cl)cccc1NC(=O)CN(CC1CCCO1)C1CCS(=O)(=O)C1. The first kappa shape index (κ1) is 19.6. The summed E-state index contributed by atoms with van der Waals surface area (Å²) in [5, 5.41) is 3.49. The molecule has 2 heterocycles. The minimum Gasteiger partial charge on any atom is -0.377 e. The molecule has 0 radical (unpaired) electrons. The van der Waals surface area contributed by atoms with Crippen LogP contribution >= 0.6 is 11.6 Å². The van der Waals surface area contributed by atoms with Crippen LogP contribution < -0.4 is 5.32 Å². The molecule has 0 saturated carbocycles. The molecule has 1 N–H and O–H groups in total. The third-order valence-electron chi connectivity index (χ3n) is 5.08. The van der Waals surface area contributed by atoms with E-state index in [0.717, 1.165) is 25.0 Å². The fourth-order valence-electron chi connectivity index (χ4n) is 3.57. The number of anilines is 1.